The third-order valence-corrected chi connectivity index (χ3v) is 3.90. The van der Waals surface area contributed by atoms with Gasteiger partial charge in [-0.3, -0.25) is 4.79 Å². The summed E-state index contributed by atoms with van der Waals surface area (Å²) in [4.78, 5) is 15.7. The van der Waals surface area contributed by atoms with Crippen LogP contribution in [0.4, 0.5) is 0 Å². The van der Waals surface area contributed by atoms with Crippen molar-refractivity contribution in [2.75, 3.05) is 0 Å². The third kappa shape index (κ3) is 1.49. The lowest BCUT2D eigenvalue weighted by Crippen LogP contribution is -2.35. The van der Waals surface area contributed by atoms with E-state index in [1.54, 1.807) is 0 Å². The number of fused-ring (bicyclic) bond motifs is 5. The van der Waals surface area contributed by atoms with Crippen LogP contribution < -0.4 is 4.74 Å². The van der Waals surface area contributed by atoms with Gasteiger partial charge in [-0.25, -0.2) is 0 Å². The second-order valence-electron chi connectivity index (χ2n) is 6.00. The number of Topliss-reactive ketones (excluding diaryl/α,β-unsaturated/α-hetero) is 1. The molecule has 2 heterocycles. The molecule has 3 nitrogen and oxygen atoms in total. The summed E-state index contributed by atoms with van der Waals surface area (Å²) in [6, 6.07) is 12.0. The van der Waals surface area contributed by atoms with Gasteiger partial charge in [-0.15, -0.1) is 0 Å². The van der Waals surface area contributed by atoms with Gasteiger partial charge < -0.3 is 9.72 Å². The van der Waals surface area contributed by atoms with Crippen LogP contribution in [0.25, 0.3) is 21.8 Å². The number of ketones is 1. The number of H-pyrrole nitrogens is 1. The first-order valence-electron chi connectivity index (χ1n) is 6.81. The first kappa shape index (κ1) is 11.5. The number of carbonyl (C=O) groups is 1. The fourth-order valence-electron chi connectivity index (χ4n) is 3.01. The lowest BCUT2D eigenvalue weighted by Gasteiger charge is -2.31. The molecular formula is C17H15NO2. The summed E-state index contributed by atoms with van der Waals surface area (Å²) in [5, 5.41) is 2.26. The Morgan fingerprint density at radius 3 is 2.75 bits per heavy atom. The third-order valence-electron chi connectivity index (χ3n) is 3.90. The van der Waals surface area contributed by atoms with Crippen LogP contribution in [0.3, 0.4) is 0 Å². The Bertz CT molecular complexity index is 858. The molecule has 0 aliphatic carbocycles. The van der Waals surface area contributed by atoms with Gasteiger partial charge in [-0.1, -0.05) is 24.3 Å². The van der Waals surface area contributed by atoms with E-state index < -0.39 is 5.60 Å². The number of rotatable bonds is 0. The lowest BCUT2D eigenvalue weighted by molar-refractivity contribution is 0.0628. The molecule has 20 heavy (non-hydrogen) atoms. The monoisotopic (exact) mass is 265 g/mol. The maximum atomic E-state index is 12.3. The number of ether oxygens (including phenoxy) is 1. The van der Waals surface area contributed by atoms with Gasteiger partial charge >= 0.3 is 0 Å². The predicted octanol–water partition coefficient (Wildman–Crippen LogP) is 4.06. The second-order valence-corrected chi connectivity index (χ2v) is 6.00. The molecule has 0 fully saturated rings. The average molecular weight is 265 g/mol. The van der Waals surface area contributed by atoms with Crippen molar-refractivity contribution in [1.82, 2.24) is 4.98 Å². The Hall–Kier alpha value is -2.29. The minimum atomic E-state index is -0.449. The van der Waals surface area contributed by atoms with Crippen LogP contribution >= 0.6 is 0 Å². The van der Waals surface area contributed by atoms with Gasteiger partial charge in [0.15, 0.2) is 11.5 Å². The lowest BCUT2D eigenvalue weighted by atomic mass is 9.92. The number of aromatic amines is 1. The molecule has 1 aromatic heterocycles. The van der Waals surface area contributed by atoms with Crippen molar-refractivity contribution in [3.63, 3.8) is 0 Å². The molecule has 0 unspecified atom stereocenters. The number of hydrogen-bond acceptors (Lipinski definition) is 2. The van der Waals surface area contributed by atoms with Gasteiger partial charge in [-0.2, -0.15) is 0 Å². The minimum Gasteiger partial charge on any atom is -0.484 e. The Kier molecular flexibility index (Phi) is 2.09. The molecule has 0 amide bonds. The molecule has 4 rings (SSSR count). The van der Waals surface area contributed by atoms with E-state index >= 15 is 0 Å². The molecule has 0 radical (unpaired) electrons. The van der Waals surface area contributed by atoms with Gasteiger partial charge in [0.2, 0.25) is 0 Å². The Morgan fingerprint density at radius 1 is 1.10 bits per heavy atom. The van der Waals surface area contributed by atoms with Gasteiger partial charge in [0.25, 0.3) is 0 Å². The SMILES string of the molecule is CC1(C)CC(=O)c2ccc3c([nH]c4ccccc43)c2O1. The molecule has 0 saturated heterocycles. The fourth-order valence-corrected chi connectivity index (χ4v) is 3.01. The number of aromatic nitrogens is 1. The van der Waals surface area contributed by atoms with Crippen LogP contribution in [-0.2, 0) is 0 Å². The zero-order valence-electron chi connectivity index (χ0n) is 11.5. The molecule has 0 spiro atoms. The molecule has 2 aromatic carbocycles. The smallest absolute Gasteiger partial charge is 0.170 e. The van der Waals surface area contributed by atoms with Gasteiger partial charge in [0, 0.05) is 16.3 Å². The first-order chi connectivity index (χ1) is 9.55. The van der Waals surface area contributed by atoms with Gasteiger partial charge in [0.1, 0.15) is 5.60 Å². The topological polar surface area (TPSA) is 42.1 Å². The van der Waals surface area contributed by atoms with E-state index in [-0.39, 0.29) is 5.78 Å². The molecular weight excluding hydrogens is 250 g/mol. The molecule has 1 aliphatic rings. The summed E-state index contributed by atoms with van der Waals surface area (Å²) >= 11 is 0. The summed E-state index contributed by atoms with van der Waals surface area (Å²) < 4.78 is 6.08. The number of hydrogen-bond donors (Lipinski definition) is 1. The Morgan fingerprint density at radius 2 is 1.90 bits per heavy atom. The van der Waals surface area contributed by atoms with Crippen molar-refractivity contribution in [3.05, 3.63) is 42.0 Å². The summed E-state index contributed by atoms with van der Waals surface area (Å²) in [6.07, 6.45) is 0.422. The summed E-state index contributed by atoms with van der Waals surface area (Å²) in [5.41, 5.74) is 2.22. The molecule has 3 heteroatoms. The van der Waals surface area contributed by atoms with E-state index in [0.29, 0.717) is 17.7 Å². The number of para-hydroxylation sites is 1. The number of carbonyl (C=O) groups excluding carboxylic acids is 1. The maximum absolute atomic E-state index is 12.3. The normalized spacial score (nSPS) is 17.2. The molecule has 100 valence electrons. The Labute approximate surface area is 116 Å². The summed E-state index contributed by atoms with van der Waals surface area (Å²) in [6.45, 7) is 3.91. The highest BCUT2D eigenvalue weighted by atomic mass is 16.5. The largest absolute Gasteiger partial charge is 0.484 e. The quantitative estimate of drug-likeness (QED) is 0.666. The van der Waals surface area contributed by atoms with E-state index in [9.17, 15) is 4.79 Å². The van der Waals surface area contributed by atoms with Gasteiger partial charge in [-0.05, 0) is 26.0 Å². The summed E-state index contributed by atoms with van der Waals surface area (Å²) in [5.74, 6) is 0.844. The van der Waals surface area contributed by atoms with Crippen molar-refractivity contribution in [2.45, 2.75) is 25.9 Å². The standard InChI is InChI=1S/C17H15NO2/c1-17(2)9-14(19)12-8-7-11-10-5-3-4-6-13(10)18-15(11)16(12)20-17/h3-8,18H,9H2,1-2H3. The van der Waals surface area contributed by atoms with Crippen LogP contribution in [0.1, 0.15) is 30.6 Å². The van der Waals surface area contributed by atoms with Crippen LogP contribution in [0.2, 0.25) is 0 Å². The summed E-state index contributed by atoms with van der Waals surface area (Å²) in [7, 11) is 0. The zero-order valence-corrected chi connectivity index (χ0v) is 11.5. The first-order valence-corrected chi connectivity index (χ1v) is 6.81. The van der Waals surface area contributed by atoms with E-state index in [1.165, 1.54) is 0 Å². The van der Waals surface area contributed by atoms with Gasteiger partial charge in [0.05, 0.1) is 17.5 Å². The minimum absolute atomic E-state index is 0.150. The second kappa shape index (κ2) is 3.63. The molecule has 3 aromatic rings. The average Bonchev–Trinajstić information content (AvgIpc) is 2.76. The van der Waals surface area contributed by atoms with E-state index in [1.807, 2.05) is 44.2 Å². The van der Waals surface area contributed by atoms with E-state index in [4.69, 9.17) is 4.74 Å². The van der Waals surface area contributed by atoms with Crippen LogP contribution in [0.15, 0.2) is 36.4 Å². The highest BCUT2D eigenvalue weighted by Crippen LogP contribution is 2.40. The fraction of sp³-hybridized carbons (Fsp3) is 0.235. The highest BCUT2D eigenvalue weighted by Gasteiger charge is 2.34. The van der Waals surface area contributed by atoms with Crippen molar-refractivity contribution in [2.24, 2.45) is 0 Å². The van der Waals surface area contributed by atoms with Crippen molar-refractivity contribution < 1.29 is 9.53 Å². The van der Waals surface area contributed by atoms with Crippen LogP contribution in [0, 0.1) is 0 Å². The Balaban J connectivity index is 2.11. The molecule has 1 aliphatic heterocycles. The highest BCUT2D eigenvalue weighted by molar-refractivity contribution is 6.13. The number of benzene rings is 2. The van der Waals surface area contributed by atoms with Crippen LogP contribution in [-0.4, -0.2) is 16.4 Å². The van der Waals surface area contributed by atoms with Crippen molar-refractivity contribution >= 4 is 27.6 Å². The predicted molar refractivity (Wildman–Crippen MR) is 79.5 cm³/mol. The van der Waals surface area contributed by atoms with E-state index in [0.717, 1.165) is 21.8 Å². The maximum Gasteiger partial charge on any atom is 0.170 e. The molecule has 0 bridgehead atoms. The van der Waals surface area contributed by atoms with Crippen molar-refractivity contribution in [3.8, 4) is 5.75 Å². The van der Waals surface area contributed by atoms with E-state index in [2.05, 4.69) is 11.1 Å². The zero-order chi connectivity index (χ0) is 13.9. The van der Waals surface area contributed by atoms with Crippen LogP contribution in [0.5, 0.6) is 5.75 Å². The molecule has 0 atom stereocenters. The van der Waals surface area contributed by atoms with Crippen molar-refractivity contribution in [1.29, 1.82) is 0 Å². The number of nitrogens with one attached hydrogen (secondary N) is 1. The molecule has 1 N–H and O–H groups in total. The molecule has 0 saturated carbocycles.